The molecule has 0 bridgehead atoms. The van der Waals surface area contributed by atoms with Crippen LogP contribution in [-0.4, -0.2) is 11.8 Å². The maximum Gasteiger partial charge on any atom is 0.416 e. The van der Waals surface area contributed by atoms with Gasteiger partial charge in [0, 0.05) is 16.4 Å². The molecule has 0 heterocycles. The molecule has 142 valence electrons. The molecule has 1 aliphatic rings. The number of carbonyl (C=O) groups excluding carboxylic acids is 2. The lowest BCUT2D eigenvalue weighted by atomic mass is 10.0. The van der Waals surface area contributed by atoms with E-state index < -0.39 is 29.0 Å². The Kier molecular flexibility index (Phi) is 4.90. The highest BCUT2D eigenvalue weighted by Crippen LogP contribution is 2.47. The molecule has 0 spiro atoms. The predicted molar refractivity (Wildman–Crippen MR) is 96.6 cm³/mol. The molecule has 2 aromatic carbocycles. The highest BCUT2D eigenvalue weighted by atomic mass is 35.5. The number of nitrogens with one attached hydrogen (secondary N) is 2. The maximum absolute atomic E-state index is 12.6. The number of benzene rings is 2. The minimum absolute atomic E-state index is 0.200. The summed E-state index contributed by atoms with van der Waals surface area (Å²) in [6, 6.07) is 9.15. The summed E-state index contributed by atoms with van der Waals surface area (Å²) in [4.78, 5) is 25.2. The highest BCUT2D eigenvalue weighted by molar-refractivity contribution is 6.31. The van der Waals surface area contributed by atoms with Crippen LogP contribution >= 0.6 is 11.6 Å². The van der Waals surface area contributed by atoms with Gasteiger partial charge in [-0.1, -0.05) is 17.7 Å². The Morgan fingerprint density at radius 1 is 1.00 bits per heavy atom. The van der Waals surface area contributed by atoms with E-state index >= 15 is 0 Å². The molecule has 1 fully saturated rings. The van der Waals surface area contributed by atoms with Gasteiger partial charge in [-0.25, -0.2) is 0 Å². The fraction of sp³-hybridized carbons (Fsp3) is 0.263. The van der Waals surface area contributed by atoms with Gasteiger partial charge < -0.3 is 10.6 Å². The third-order valence-electron chi connectivity index (χ3n) is 4.61. The summed E-state index contributed by atoms with van der Waals surface area (Å²) in [5, 5.41) is 5.73. The van der Waals surface area contributed by atoms with Crippen molar-refractivity contribution in [2.24, 2.45) is 5.41 Å². The summed E-state index contributed by atoms with van der Waals surface area (Å²) in [6.45, 7) is 1.75. The molecule has 0 aromatic heterocycles. The second-order valence-electron chi connectivity index (χ2n) is 6.48. The molecule has 2 aromatic rings. The lowest BCUT2D eigenvalue weighted by Gasteiger charge is -2.17. The Balaban J connectivity index is 1.70. The van der Waals surface area contributed by atoms with Gasteiger partial charge in [0.1, 0.15) is 5.41 Å². The number of halogens is 4. The zero-order valence-electron chi connectivity index (χ0n) is 14.3. The standard InChI is InChI=1S/C19H16ClF3N2O2/c1-11-14(20)3-2-4-15(11)25-17(27)18(9-10-18)16(26)24-13-7-5-12(6-8-13)19(21,22)23/h2-8H,9-10H2,1H3,(H,24,26)(H,25,27). The molecular weight excluding hydrogens is 381 g/mol. The second-order valence-corrected chi connectivity index (χ2v) is 6.89. The van der Waals surface area contributed by atoms with E-state index in [0.717, 1.165) is 24.3 Å². The summed E-state index contributed by atoms with van der Waals surface area (Å²) >= 11 is 6.03. The van der Waals surface area contributed by atoms with Crippen LogP contribution < -0.4 is 10.6 Å². The van der Waals surface area contributed by atoms with Crippen molar-refractivity contribution in [2.45, 2.75) is 25.9 Å². The number of anilines is 2. The van der Waals surface area contributed by atoms with Crippen LogP contribution in [0.2, 0.25) is 5.02 Å². The molecule has 8 heteroatoms. The molecule has 0 unspecified atom stereocenters. The second kappa shape index (κ2) is 6.88. The molecule has 1 aliphatic carbocycles. The van der Waals surface area contributed by atoms with Crippen LogP contribution in [0.25, 0.3) is 0 Å². The van der Waals surface area contributed by atoms with E-state index in [0.29, 0.717) is 29.1 Å². The fourth-order valence-electron chi connectivity index (χ4n) is 2.66. The summed E-state index contributed by atoms with van der Waals surface area (Å²) in [7, 11) is 0. The first-order valence-electron chi connectivity index (χ1n) is 8.19. The predicted octanol–water partition coefficient (Wildman–Crippen LogP) is 5.02. The molecule has 4 nitrogen and oxygen atoms in total. The third-order valence-corrected chi connectivity index (χ3v) is 5.01. The minimum Gasteiger partial charge on any atom is -0.325 e. The molecule has 0 atom stereocenters. The summed E-state index contributed by atoms with van der Waals surface area (Å²) in [5.74, 6) is -1.00. The molecule has 1 saturated carbocycles. The first-order chi connectivity index (χ1) is 12.6. The molecular formula is C19H16ClF3N2O2. The van der Waals surface area contributed by atoms with Gasteiger partial charge in [0.05, 0.1) is 5.56 Å². The zero-order valence-corrected chi connectivity index (χ0v) is 15.0. The van der Waals surface area contributed by atoms with E-state index in [2.05, 4.69) is 10.6 Å². The van der Waals surface area contributed by atoms with Gasteiger partial charge in [-0.2, -0.15) is 13.2 Å². The van der Waals surface area contributed by atoms with E-state index in [-0.39, 0.29) is 5.69 Å². The van der Waals surface area contributed by atoms with Crippen molar-refractivity contribution in [3.05, 3.63) is 58.6 Å². The molecule has 0 aliphatic heterocycles. The molecule has 0 saturated heterocycles. The van der Waals surface area contributed by atoms with Crippen molar-refractivity contribution in [3.63, 3.8) is 0 Å². The van der Waals surface area contributed by atoms with Gasteiger partial charge in [-0.05, 0) is 61.7 Å². The average Bonchev–Trinajstić information content (AvgIpc) is 3.40. The normalized spacial score (nSPS) is 15.1. The minimum atomic E-state index is -4.45. The van der Waals surface area contributed by atoms with E-state index in [9.17, 15) is 22.8 Å². The number of alkyl halides is 3. The summed E-state index contributed by atoms with van der Waals surface area (Å²) in [5.41, 5.74) is -0.633. The smallest absolute Gasteiger partial charge is 0.325 e. The van der Waals surface area contributed by atoms with Crippen LogP contribution in [0.1, 0.15) is 24.0 Å². The number of hydrogen-bond acceptors (Lipinski definition) is 2. The average molecular weight is 397 g/mol. The Labute approximate surface area is 158 Å². The number of amides is 2. The monoisotopic (exact) mass is 396 g/mol. The molecule has 3 rings (SSSR count). The molecule has 0 radical (unpaired) electrons. The first kappa shape index (κ1) is 19.2. The van der Waals surface area contributed by atoms with Crippen LogP contribution in [0.4, 0.5) is 24.5 Å². The Hall–Kier alpha value is -2.54. The van der Waals surface area contributed by atoms with Gasteiger partial charge in [0.25, 0.3) is 0 Å². The molecule has 2 N–H and O–H groups in total. The Bertz CT molecular complexity index is 891. The quantitative estimate of drug-likeness (QED) is 0.712. The zero-order chi connectivity index (χ0) is 19.8. The van der Waals surface area contributed by atoms with Crippen molar-refractivity contribution < 1.29 is 22.8 Å². The first-order valence-corrected chi connectivity index (χ1v) is 8.56. The van der Waals surface area contributed by atoms with Crippen LogP contribution in [0.3, 0.4) is 0 Å². The lowest BCUT2D eigenvalue weighted by Crippen LogP contribution is -2.35. The van der Waals surface area contributed by atoms with Crippen molar-refractivity contribution in [3.8, 4) is 0 Å². The SMILES string of the molecule is Cc1c(Cl)cccc1NC(=O)C1(C(=O)Nc2ccc(C(F)(F)F)cc2)CC1. The number of rotatable bonds is 4. The summed E-state index contributed by atoms with van der Waals surface area (Å²) < 4.78 is 37.8. The van der Waals surface area contributed by atoms with E-state index in [1.165, 1.54) is 0 Å². The topological polar surface area (TPSA) is 58.2 Å². The lowest BCUT2D eigenvalue weighted by molar-refractivity contribution is -0.137. The van der Waals surface area contributed by atoms with Crippen molar-refractivity contribution in [1.29, 1.82) is 0 Å². The number of carbonyl (C=O) groups is 2. The van der Waals surface area contributed by atoms with E-state index in [4.69, 9.17) is 11.6 Å². The maximum atomic E-state index is 12.6. The summed E-state index contributed by atoms with van der Waals surface area (Å²) in [6.07, 6.45) is -3.72. The fourth-order valence-corrected chi connectivity index (χ4v) is 2.83. The van der Waals surface area contributed by atoms with Crippen LogP contribution in [0, 0.1) is 12.3 Å². The van der Waals surface area contributed by atoms with E-state index in [1.807, 2.05) is 0 Å². The van der Waals surface area contributed by atoms with E-state index in [1.54, 1.807) is 25.1 Å². The van der Waals surface area contributed by atoms with Crippen molar-refractivity contribution >= 4 is 34.8 Å². The van der Waals surface area contributed by atoms with Crippen LogP contribution in [0.15, 0.2) is 42.5 Å². The number of hydrogen-bond donors (Lipinski definition) is 2. The van der Waals surface area contributed by atoms with Gasteiger partial charge in [-0.15, -0.1) is 0 Å². The van der Waals surface area contributed by atoms with Gasteiger partial charge >= 0.3 is 6.18 Å². The van der Waals surface area contributed by atoms with Crippen LogP contribution in [0.5, 0.6) is 0 Å². The van der Waals surface area contributed by atoms with Gasteiger partial charge in [0.2, 0.25) is 11.8 Å². The van der Waals surface area contributed by atoms with Crippen molar-refractivity contribution in [2.75, 3.05) is 10.6 Å². The molecule has 27 heavy (non-hydrogen) atoms. The Morgan fingerprint density at radius 2 is 1.59 bits per heavy atom. The molecule has 2 amide bonds. The highest BCUT2D eigenvalue weighted by Gasteiger charge is 2.56. The largest absolute Gasteiger partial charge is 0.416 e. The Morgan fingerprint density at radius 3 is 2.15 bits per heavy atom. The van der Waals surface area contributed by atoms with Crippen molar-refractivity contribution in [1.82, 2.24) is 0 Å². The van der Waals surface area contributed by atoms with Crippen LogP contribution in [-0.2, 0) is 15.8 Å². The van der Waals surface area contributed by atoms with Gasteiger partial charge in [0.15, 0.2) is 0 Å². The third kappa shape index (κ3) is 3.93. The van der Waals surface area contributed by atoms with Gasteiger partial charge in [-0.3, -0.25) is 9.59 Å².